The van der Waals surface area contributed by atoms with E-state index in [0.717, 1.165) is 36.0 Å². The van der Waals surface area contributed by atoms with Crippen molar-refractivity contribution in [1.82, 2.24) is 9.62 Å². The zero-order valence-corrected chi connectivity index (χ0v) is 20.3. The highest BCUT2D eigenvalue weighted by Gasteiger charge is 2.27. The van der Waals surface area contributed by atoms with Gasteiger partial charge in [0.25, 0.3) is 5.91 Å². The Bertz CT molecular complexity index is 1240. The quantitative estimate of drug-likeness (QED) is 0.534. The van der Waals surface area contributed by atoms with Gasteiger partial charge in [0, 0.05) is 13.1 Å². The van der Waals surface area contributed by atoms with Crippen molar-refractivity contribution < 1.29 is 17.9 Å². The highest BCUT2D eigenvalue weighted by Crippen LogP contribution is 2.28. The molecule has 0 spiro atoms. The summed E-state index contributed by atoms with van der Waals surface area (Å²) in [4.78, 5) is 15.0. The fourth-order valence-electron chi connectivity index (χ4n) is 4.24. The molecule has 3 aromatic rings. The van der Waals surface area contributed by atoms with Crippen LogP contribution in [0, 0.1) is 6.92 Å². The largest absolute Gasteiger partial charge is 0.496 e. The molecule has 0 bridgehead atoms. The molecule has 1 amide bonds. The van der Waals surface area contributed by atoms with Gasteiger partial charge in [-0.1, -0.05) is 60.2 Å². The summed E-state index contributed by atoms with van der Waals surface area (Å²) in [5.41, 5.74) is 3.01. The van der Waals surface area contributed by atoms with Gasteiger partial charge in [0.1, 0.15) is 5.75 Å². The van der Waals surface area contributed by atoms with E-state index in [-0.39, 0.29) is 16.4 Å². The molecule has 1 aliphatic heterocycles. The first-order valence-corrected chi connectivity index (χ1v) is 13.0. The molecule has 0 radical (unpaired) electrons. The molecule has 6 nitrogen and oxygen atoms in total. The fraction of sp³-hybridized carbons (Fsp3) is 0.296. The summed E-state index contributed by atoms with van der Waals surface area (Å²) in [7, 11) is -2.47. The Kier molecular flexibility index (Phi) is 7.34. The number of benzene rings is 3. The molecule has 1 aliphatic rings. The Labute approximate surface area is 201 Å². The summed E-state index contributed by atoms with van der Waals surface area (Å²) in [5.74, 6) is 0.166. The van der Waals surface area contributed by atoms with E-state index in [1.165, 1.54) is 19.2 Å². The number of likely N-dealkylation sites (tertiary alicyclic amines) is 1. The van der Waals surface area contributed by atoms with Crippen molar-refractivity contribution in [3.8, 4) is 5.75 Å². The second-order valence-corrected chi connectivity index (χ2v) is 10.3. The highest BCUT2D eigenvalue weighted by molar-refractivity contribution is 7.89. The zero-order valence-electron chi connectivity index (χ0n) is 19.5. The molecule has 1 heterocycles. The maximum Gasteiger partial charge on any atom is 0.257 e. The molecule has 0 aliphatic carbocycles. The topological polar surface area (TPSA) is 75.7 Å². The third-order valence-corrected chi connectivity index (χ3v) is 7.59. The normalized spacial score (nSPS) is 15.1. The lowest BCUT2D eigenvalue weighted by Crippen LogP contribution is -2.36. The predicted molar refractivity (Wildman–Crippen MR) is 133 cm³/mol. The number of nitrogens with one attached hydrogen (secondary N) is 1. The summed E-state index contributed by atoms with van der Waals surface area (Å²) < 4.78 is 35.3. The lowest BCUT2D eigenvalue weighted by atomic mass is 9.99. The minimum absolute atomic E-state index is 0.0294. The van der Waals surface area contributed by atoms with Crippen LogP contribution in [-0.4, -0.2) is 39.4 Å². The van der Waals surface area contributed by atoms with E-state index < -0.39 is 16.1 Å². The van der Waals surface area contributed by atoms with Gasteiger partial charge in [0.05, 0.1) is 23.6 Å². The van der Waals surface area contributed by atoms with Crippen molar-refractivity contribution in [2.24, 2.45) is 0 Å². The number of ether oxygens (including phenoxy) is 1. The molecule has 7 heteroatoms. The molecule has 1 saturated heterocycles. The molecule has 4 rings (SSSR count). The SMILES string of the molecule is COc1ccc(S(=O)(=O)N[C@@H](c2ccccc2)c2ccc(C)cc2)cc1C(=O)N1CCCCC1. The first-order valence-electron chi connectivity index (χ1n) is 11.5. The number of nitrogens with zero attached hydrogens (tertiary/aromatic N) is 1. The van der Waals surface area contributed by atoms with E-state index in [1.807, 2.05) is 61.5 Å². The predicted octanol–water partition coefficient (Wildman–Crippen LogP) is 4.70. The summed E-state index contributed by atoms with van der Waals surface area (Å²) in [5, 5.41) is 0. The third-order valence-electron chi connectivity index (χ3n) is 6.17. The molecular formula is C27H30N2O4S. The Morgan fingerprint density at radius 2 is 1.56 bits per heavy atom. The van der Waals surface area contributed by atoms with Crippen LogP contribution in [0.2, 0.25) is 0 Å². The molecule has 178 valence electrons. The molecule has 34 heavy (non-hydrogen) atoms. The zero-order chi connectivity index (χ0) is 24.1. The highest BCUT2D eigenvalue weighted by atomic mass is 32.2. The van der Waals surface area contributed by atoms with Gasteiger partial charge in [-0.2, -0.15) is 4.72 Å². The standard InChI is InChI=1S/C27H30N2O4S/c1-20-11-13-22(14-12-20)26(21-9-5-3-6-10-21)28-34(31,32)23-15-16-25(33-2)24(19-23)27(30)29-17-7-4-8-18-29/h3,5-6,9-16,19,26,28H,4,7-8,17-18H2,1-2H3/t26-/m0/s1. The summed E-state index contributed by atoms with van der Waals surface area (Å²) in [6.07, 6.45) is 2.99. The van der Waals surface area contributed by atoms with Gasteiger partial charge < -0.3 is 9.64 Å². The van der Waals surface area contributed by atoms with Crippen molar-refractivity contribution in [3.63, 3.8) is 0 Å². The van der Waals surface area contributed by atoms with E-state index in [0.29, 0.717) is 18.8 Å². The molecule has 1 atom stereocenters. The second-order valence-electron chi connectivity index (χ2n) is 8.59. The van der Waals surface area contributed by atoms with Gasteiger partial charge in [0.15, 0.2) is 0 Å². The van der Waals surface area contributed by atoms with Crippen LogP contribution < -0.4 is 9.46 Å². The maximum absolute atomic E-state index is 13.5. The van der Waals surface area contributed by atoms with E-state index >= 15 is 0 Å². The van der Waals surface area contributed by atoms with Crippen molar-refractivity contribution >= 4 is 15.9 Å². The van der Waals surface area contributed by atoms with E-state index in [1.54, 1.807) is 11.0 Å². The van der Waals surface area contributed by atoms with Crippen LogP contribution in [0.4, 0.5) is 0 Å². The molecule has 3 aromatic carbocycles. The van der Waals surface area contributed by atoms with Crippen LogP contribution in [0.25, 0.3) is 0 Å². The number of rotatable bonds is 7. The molecule has 0 unspecified atom stereocenters. The fourth-order valence-corrected chi connectivity index (χ4v) is 5.48. The number of carbonyl (C=O) groups is 1. The molecule has 1 N–H and O–H groups in total. The van der Waals surface area contributed by atoms with Crippen molar-refractivity contribution in [1.29, 1.82) is 0 Å². The third kappa shape index (κ3) is 5.32. The van der Waals surface area contributed by atoms with E-state index in [2.05, 4.69) is 4.72 Å². The number of carbonyl (C=O) groups excluding carboxylic acids is 1. The van der Waals surface area contributed by atoms with Crippen LogP contribution >= 0.6 is 0 Å². The summed E-state index contributed by atoms with van der Waals surface area (Å²) >= 11 is 0. The number of sulfonamides is 1. The van der Waals surface area contributed by atoms with Crippen molar-refractivity contribution in [2.75, 3.05) is 20.2 Å². The number of aryl methyl sites for hydroxylation is 1. The van der Waals surface area contributed by atoms with Gasteiger partial charge in [-0.25, -0.2) is 8.42 Å². The number of piperidine rings is 1. The average molecular weight is 479 g/mol. The lowest BCUT2D eigenvalue weighted by molar-refractivity contribution is 0.0720. The van der Waals surface area contributed by atoms with Crippen LogP contribution in [-0.2, 0) is 10.0 Å². The molecule has 0 saturated carbocycles. The van der Waals surface area contributed by atoms with Crippen molar-refractivity contribution in [3.05, 3.63) is 95.1 Å². The number of hydrogen-bond acceptors (Lipinski definition) is 4. The second kappa shape index (κ2) is 10.4. The van der Waals surface area contributed by atoms with Crippen LogP contribution in [0.1, 0.15) is 52.4 Å². The van der Waals surface area contributed by atoms with E-state index in [9.17, 15) is 13.2 Å². The van der Waals surface area contributed by atoms with Gasteiger partial charge >= 0.3 is 0 Å². The smallest absolute Gasteiger partial charge is 0.257 e. The van der Waals surface area contributed by atoms with Gasteiger partial charge in [0.2, 0.25) is 10.0 Å². The number of hydrogen-bond donors (Lipinski definition) is 1. The first-order chi connectivity index (χ1) is 16.4. The average Bonchev–Trinajstić information content (AvgIpc) is 2.88. The van der Waals surface area contributed by atoms with E-state index in [4.69, 9.17) is 4.74 Å². The first kappa shape index (κ1) is 24.0. The Morgan fingerprint density at radius 1 is 0.912 bits per heavy atom. The Morgan fingerprint density at radius 3 is 2.21 bits per heavy atom. The minimum atomic E-state index is -3.95. The maximum atomic E-state index is 13.5. The minimum Gasteiger partial charge on any atom is -0.496 e. The number of methoxy groups -OCH3 is 1. The van der Waals surface area contributed by atoms with Gasteiger partial charge in [-0.3, -0.25) is 4.79 Å². The Hall–Kier alpha value is -3.16. The lowest BCUT2D eigenvalue weighted by Gasteiger charge is -2.27. The van der Waals surface area contributed by atoms with Crippen LogP contribution in [0.15, 0.2) is 77.7 Å². The molecule has 1 fully saturated rings. The number of amides is 1. The molecule has 0 aromatic heterocycles. The van der Waals surface area contributed by atoms with Gasteiger partial charge in [-0.05, 0) is 55.5 Å². The van der Waals surface area contributed by atoms with Crippen LogP contribution in [0.5, 0.6) is 5.75 Å². The summed E-state index contributed by atoms with van der Waals surface area (Å²) in [6.45, 7) is 3.32. The summed E-state index contributed by atoms with van der Waals surface area (Å²) in [6, 6.07) is 21.1. The van der Waals surface area contributed by atoms with Crippen LogP contribution in [0.3, 0.4) is 0 Å². The Balaban J connectivity index is 1.69. The van der Waals surface area contributed by atoms with Crippen molar-refractivity contribution in [2.45, 2.75) is 37.1 Å². The van der Waals surface area contributed by atoms with Gasteiger partial charge in [-0.15, -0.1) is 0 Å². The monoisotopic (exact) mass is 478 g/mol. The molecular weight excluding hydrogens is 448 g/mol.